The van der Waals surface area contributed by atoms with Gasteiger partial charge in [-0.1, -0.05) is 24.3 Å². The van der Waals surface area contributed by atoms with Crippen molar-refractivity contribution in [3.8, 4) is 0 Å². The average Bonchev–Trinajstić information content (AvgIpc) is 2.70. The van der Waals surface area contributed by atoms with E-state index in [-0.39, 0.29) is 11.6 Å². The highest BCUT2D eigenvalue weighted by Gasteiger charge is 2.35. The highest BCUT2D eigenvalue weighted by atomic mass is 19.1. The Hall–Kier alpha value is -1.74. The summed E-state index contributed by atoms with van der Waals surface area (Å²) < 4.78 is 26.9. The maximum absolute atomic E-state index is 13.7. The van der Waals surface area contributed by atoms with Crippen LogP contribution in [0.25, 0.3) is 0 Å². The molecule has 0 amide bonds. The Bertz CT molecular complexity index is 624. The molecule has 2 aromatic rings. The minimum atomic E-state index is -0.592. The van der Waals surface area contributed by atoms with Gasteiger partial charge in [0.05, 0.1) is 0 Å². The van der Waals surface area contributed by atoms with E-state index in [1.54, 1.807) is 18.2 Å². The predicted octanol–water partition coefficient (Wildman–Crippen LogP) is 3.31. The molecule has 0 fully saturated rings. The molecule has 1 atom stereocenters. The summed E-state index contributed by atoms with van der Waals surface area (Å²) in [6.45, 7) is 0. The van der Waals surface area contributed by atoms with E-state index in [9.17, 15) is 8.78 Å². The van der Waals surface area contributed by atoms with Gasteiger partial charge in [0.1, 0.15) is 11.6 Å². The molecule has 3 rings (SSSR count). The number of fused-ring (bicyclic) bond motifs is 1. The third kappa shape index (κ3) is 2.15. The Morgan fingerprint density at radius 3 is 2.68 bits per heavy atom. The zero-order valence-electron chi connectivity index (χ0n) is 10.5. The molecule has 0 spiro atoms. The van der Waals surface area contributed by atoms with Crippen LogP contribution in [0.1, 0.15) is 23.1 Å². The topological polar surface area (TPSA) is 26.0 Å². The second-order valence-corrected chi connectivity index (χ2v) is 5.23. The fraction of sp³-hybridized carbons (Fsp3) is 0.250. The summed E-state index contributed by atoms with van der Waals surface area (Å²) >= 11 is 0. The number of halogens is 2. The van der Waals surface area contributed by atoms with E-state index in [0.717, 1.165) is 24.0 Å². The summed E-state index contributed by atoms with van der Waals surface area (Å²) in [7, 11) is 0. The van der Waals surface area contributed by atoms with Gasteiger partial charge in [-0.25, -0.2) is 8.78 Å². The minimum absolute atomic E-state index is 0.233. The van der Waals surface area contributed by atoms with Crippen molar-refractivity contribution >= 4 is 0 Å². The highest BCUT2D eigenvalue weighted by molar-refractivity contribution is 5.40. The van der Waals surface area contributed by atoms with Gasteiger partial charge in [0.25, 0.3) is 0 Å². The van der Waals surface area contributed by atoms with Gasteiger partial charge < -0.3 is 5.73 Å². The molecular weight excluding hydrogens is 244 g/mol. The van der Waals surface area contributed by atoms with E-state index in [4.69, 9.17) is 5.73 Å². The standard InChI is InChI=1S/C16H15F2N/c17-13-5-6-14-11(9-13)7-8-16(14,19)10-12-3-1-2-4-15(12)18/h1-6,9H,7-8,10,19H2. The normalized spacial score (nSPS) is 21.4. The van der Waals surface area contributed by atoms with Crippen molar-refractivity contribution in [1.82, 2.24) is 0 Å². The van der Waals surface area contributed by atoms with Crippen molar-refractivity contribution in [3.63, 3.8) is 0 Å². The van der Waals surface area contributed by atoms with Crippen molar-refractivity contribution < 1.29 is 8.78 Å². The molecule has 1 unspecified atom stereocenters. The van der Waals surface area contributed by atoms with Gasteiger partial charge in [0, 0.05) is 5.54 Å². The molecule has 3 heteroatoms. The molecule has 0 aliphatic heterocycles. The Kier molecular flexibility index (Phi) is 2.86. The Morgan fingerprint density at radius 1 is 1.11 bits per heavy atom. The van der Waals surface area contributed by atoms with Crippen LogP contribution < -0.4 is 5.73 Å². The van der Waals surface area contributed by atoms with Gasteiger partial charge in [0.2, 0.25) is 0 Å². The van der Waals surface area contributed by atoms with Crippen molar-refractivity contribution in [2.75, 3.05) is 0 Å². The lowest BCUT2D eigenvalue weighted by molar-refractivity contribution is 0.429. The van der Waals surface area contributed by atoms with E-state index < -0.39 is 5.54 Å². The molecule has 2 N–H and O–H groups in total. The van der Waals surface area contributed by atoms with Crippen LogP contribution in [0.3, 0.4) is 0 Å². The summed E-state index contributed by atoms with van der Waals surface area (Å²) in [6, 6.07) is 11.4. The van der Waals surface area contributed by atoms with Crippen molar-refractivity contribution in [1.29, 1.82) is 0 Å². The molecule has 98 valence electrons. The van der Waals surface area contributed by atoms with Crippen LogP contribution in [-0.2, 0) is 18.4 Å². The lowest BCUT2D eigenvalue weighted by Crippen LogP contribution is -2.36. The molecule has 0 heterocycles. The Morgan fingerprint density at radius 2 is 1.89 bits per heavy atom. The number of rotatable bonds is 2. The zero-order chi connectivity index (χ0) is 13.5. The first-order chi connectivity index (χ1) is 9.08. The fourth-order valence-corrected chi connectivity index (χ4v) is 2.91. The van der Waals surface area contributed by atoms with Crippen LogP contribution in [0.4, 0.5) is 8.78 Å². The third-order valence-electron chi connectivity index (χ3n) is 3.91. The minimum Gasteiger partial charge on any atom is -0.321 e. The molecule has 0 saturated heterocycles. The fourth-order valence-electron chi connectivity index (χ4n) is 2.91. The highest BCUT2D eigenvalue weighted by Crippen LogP contribution is 2.38. The van der Waals surface area contributed by atoms with Crippen LogP contribution in [-0.4, -0.2) is 0 Å². The second-order valence-electron chi connectivity index (χ2n) is 5.23. The predicted molar refractivity (Wildman–Crippen MR) is 70.7 cm³/mol. The molecule has 0 bridgehead atoms. The summed E-state index contributed by atoms with van der Waals surface area (Å²) in [5.41, 5.74) is 8.34. The zero-order valence-corrected chi connectivity index (χ0v) is 10.5. The number of hydrogen-bond acceptors (Lipinski definition) is 1. The van der Waals surface area contributed by atoms with E-state index in [1.807, 2.05) is 6.07 Å². The smallest absolute Gasteiger partial charge is 0.126 e. The van der Waals surface area contributed by atoms with E-state index in [2.05, 4.69) is 0 Å². The number of nitrogens with two attached hydrogens (primary N) is 1. The molecule has 1 aliphatic rings. The van der Waals surface area contributed by atoms with E-state index >= 15 is 0 Å². The summed E-state index contributed by atoms with van der Waals surface area (Å²) in [5, 5.41) is 0. The first-order valence-electron chi connectivity index (χ1n) is 6.40. The van der Waals surface area contributed by atoms with E-state index in [0.29, 0.717) is 12.0 Å². The number of benzene rings is 2. The summed E-state index contributed by atoms with van der Waals surface area (Å²) in [4.78, 5) is 0. The van der Waals surface area contributed by atoms with Gasteiger partial charge in [-0.15, -0.1) is 0 Å². The van der Waals surface area contributed by atoms with Crippen LogP contribution in [0.15, 0.2) is 42.5 Å². The monoisotopic (exact) mass is 259 g/mol. The maximum Gasteiger partial charge on any atom is 0.126 e. The molecule has 1 aliphatic carbocycles. The maximum atomic E-state index is 13.7. The quantitative estimate of drug-likeness (QED) is 0.879. The van der Waals surface area contributed by atoms with Crippen LogP contribution in [0, 0.1) is 11.6 Å². The lowest BCUT2D eigenvalue weighted by atomic mass is 9.86. The van der Waals surface area contributed by atoms with Crippen molar-refractivity contribution in [2.45, 2.75) is 24.8 Å². The van der Waals surface area contributed by atoms with Crippen LogP contribution in [0.2, 0.25) is 0 Å². The Balaban J connectivity index is 1.97. The molecule has 0 saturated carbocycles. The molecule has 19 heavy (non-hydrogen) atoms. The van der Waals surface area contributed by atoms with Gasteiger partial charge >= 0.3 is 0 Å². The second kappa shape index (κ2) is 4.42. The van der Waals surface area contributed by atoms with Crippen LogP contribution in [0.5, 0.6) is 0 Å². The SMILES string of the molecule is NC1(Cc2ccccc2F)CCc2cc(F)ccc21. The first kappa shape index (κ1) is 12.3. The molecule has 1 nitrogen and oxygen atoms in total. The molecule has 0 aromatic heterocycles. The molecule has 2 aromatic carbocycles. The third-order valence-corrected chi connectivity index (χ3v) is 3.91. The van der Waals surface area contributed by atoms with Crippen molar-refractivity contribution in [2.24, 2.45) is 5.73 Å². The number of hydrogen-bond donors (Lipinski definition) is 1. The van der Waals surface area contributed by atoms with Crippen molar-refractivity contribution in [3.05, 3.63) is 70.8 Å². The molecule has 0 radical (unpaired) electrons. The largest absolute Gasteiger partial charge is 0.321 e. The number of aryl methyl sites for hydroxylation is 1. The van der Waals surface area contributed by atoms with Gasteiger partial charge in [-0.3, -0.25) is 0 Å². The average molecular weight is 259 g/mol. The van der Waals surface area contributed by atoms with Crippen LogP contribution >= 0.6 is 0 Å². The summed E-state index contributed by atoms with van der Waals surface area (Å²) in [5.74, 6) is -0.475. The summed E-state index contributed by atoms with van der Waals surface area (Å²) in [6.07, 6.45) is 1.91. The van der Waals surface area contributed by atoms with Gasteiger partial charge in [0.15, 0.2) is 0 Å². The van der Waals surface area contributed by atoms with Gasteiger partial charge in [-0.05, 0) is 54.2 Å². The lowest BCUT2D eigenvalue weighted by Gasteiger charge is -2.26. The molecular formula is C16H15F2N. The first-order valence-corrected chi connectivity index (χ1v) is 6.40. The van der Waals surface area contributed by atoms with Gasteiger partial charge in [-0.2, -0.15) is 0 Å². The Labute approximate surface area is 111 Å². The van der Waals surface area contributed by atoms with E-state index in [1.165, 1.54) is 18.2 Å².